The van der Waals surface area contributed by atoms with Gasteiger partial charge in [-0.05, 0) is 28.1 Å². The Kier molecular flexibility index (Phi) is 4.55. The molecule has 0 aliphatic carbocycles. The van der Waals surface area contributed by atoms with Crippen LogP contribution in [-0.2, 0) is 10.0 Å². The molecule has 1 aromatic heterocycles. The highest BCUT2D eigenvalue weighted by Gasteiger charge is 2.11. The quantitative estimate of drug-likeness (QED) is 0.802. The lowest BCUT2D eigenvalue weighted by molar-refractivity contribution is 0.462. The first-order valence-corrected chi connectivity index (χ1v) is 8.18. The lowest BCUT2D eigenvalue weighted by Crippen LogP contribution is -2.12. The Balaban J connectivity index is 2.29. The predicted octanol–water partition coefficient (Wildman–Crippen LogP) is 3.59. The number of nitrogens with zero attached hydrogens (tertiary/aromatic N) is 1. The summed E-state index contributed by atoms with van der Waals surface area (Å²) in [4.78, 5) is 3.73. The first-order chi connectivity index (χ1) is 9.27. The predicted molar refractivity (Wildman–Crippen MR) is 79.8 cm³/mol. The summed E-state index contributed by atoms with van der Waals surface area (Å²) in [6.45, 7) is 0. The summed E-state index contributed by atoms with van der Waals surface area (Å²) in [6.07, 6.45) is 1.10. The molecule has 2 rings (SSSR count). The molecule has 0 aliphatic heterocycles. The number of nitrogens with two attached hydrogens (primary N) is 1. The van der Waals surface area contributed by atoms with E-state index in [0.29, 0.717) is 20.3 Å². The van der Waals surface area contributed by atoms with Crippen LogP contribution in [0.25, 0.3) is 0 Å². The summed E-state index contributed by atoms with van der Waals surface area (Å²) in [6, 6.07) is 5.75. The van der Waals surface area contributed by atoms with Crippen LogP contribution in [0, 0.1) is 0 Å². The monoisotopic (exact) mass is 396 g/mol. The summed E-state index contributed by atoms with van der Waals surface area (Å²) < 4.78 is 28.2. The normalized spacial score (nSPS) is 11.4. The van der Waals surface area contributed by atoms with Gasteiger partial charge in [0.15, 0.2) is 0 Å². The van der Waals surface area contributed by atoms with Gasteiger partial charge in [0, 0.05) is 16.6 Å². The second-order valence-corrected chi connectivity index (χ2v) is 6.91. The molecular weight excluding hydrogens is 391 g/mol. The first-order valence-electron chi connectivity index (χ1n) is 5.08. The van der Waals surface area contributed by atoms with E-state index < -0.39 is 10.0 Å². The van der Waals surface area contributed by atoms with Crippen molar-refractivity contribution in [1.82, 2.24) is 4.98 Å². The van der Waals surface area contributed by atoms with Crippen molar-refractivity contribution in [3.05, 3.63) is 45.0 Å². The Morgan fingerprint density at radius 2 is 1.90 bits per heavy atom. The van der Waals surface area contributed by atoms with Crippen molar-refractivity contribution in [2.75, 3.05) is 0 Å². The highest BCUT2D eigenvalue weighted by Crippen LogP contribution is 2.36. The van der Waals surface area contributed by atoms with E-state index in [1.54, 1.807) is 6.07 Å². The third-order valence-corrected chi connectivity index (χ3v) is 4.62. The average molecular weight is 398 g/mol. The minimum atomic E-state index is -3.78. The Morgan fingerprint density at radius 1 is 1.20 bits per heavy atom. The molecule has 0 radical (unpaired) electrons. The second-order valence-electron chi connectivity index (χ2n) is 3.68. The van der Waals surface area contributed by atoms with E-state index in [-0.39, 0.29) is 10.8 Å². The minimum Gasteiger partial charge on any atom is -0.437 e. The topological polar surface area (TPSA) is 82.3 Å². The molecule has 0 fully saturated rings. The zero-order chi connectivity index (χ0) is 14.9. The highest BCUT2D eigenvalue weighted by atomic mass is 79.9. The second kappa shape index (κ2) is 5.87. The smallest absolute Gasteiger partial charge is 0.239 e. The van der Waals surface area contributed by atoms with Crippen LogP contribution in [0.4, 0.5) is 0 Å². The maximum atomic E-state index is 11.1. The van der Waals surface area contributed by atoms with Gasteiger partial charge in [0.2, 0.25) is 15.9 Å². The molecule has 0 saturated heterocycles. The van der Waals surface area contributed by atoms with Crippen molar-refractivity contribution in [2.45, 2.75) is 4.90 Å². The Bertz CT molecular complexity index is 751. The summed E-state index contributed by atoms with van der Waals surface area (Å²) in [7, 11) is -3.78. The number of benzene rings is 1. The molecule has 2 aromatic rings. The van der Waals surface area contributed by atoms with Crippen molar-refractivity contribution in [2.24, 2.45) is 5.14 Å². The molecule has 5 nitrogen and oxygen atoms in total. The molecule has 0 bridgehead atoms. The maximum Gasteiger partial charge on any atom is 0.239 e. The zero-order valence-corrected chi connectivity index (χ0v) is 13.6. The molecule has 0 spiro atoms. The number of halogens is 3. The number of aromatic nitrogens is 1. The molecule has 0 saturated carbocycles. The number of hydrogen-bond donors (Lipinski definition) is 1. The lowest BCUT2D eigenvalue weighted by Gasteiger charge is -2.08. The zero-order valence-electron chi connectivity index (χ0n) is 9.68. The van der Waals surface area contributed by atoms with Crippen LogP contribution < -0.4 is 9.88 Å². The number of ether oxygens (including phenoxy) is 1. The molecule has 1 heterocycles. The first kappa shape index (κ1) is 15.5. The van der Waals surface area contributed by atoms with Crippen LogP contribution in [0.3, 0.4) is 0 Å². The maximum absolute atomic E-state index is 11.1. The standard InChI is InChI=1S/C11H7BrCl2N2O3S/c12-7-3-9(14)10(4-8(7)13)19-11-2-1-6(5-16-11)20(15,17)18/h1-5H,(H2,15,17,18). The van der Waals surface area contributed by atoms with Crippen LogP contribution in [0.2, 0.25) is 10.0 Å². The van der Waals surface area contributed by atoms with Crippen molar-refractivity contribution >= 4 is 49.2 Å². The number of sulfonamides is 1. The van der Waals surface area contributed by atoms with E-state index in [9.17, 15) is 8.42 Å². The van der Waals surface area contributed by atoms with Gasteiger partial charge in [-0.1, -0.05) is 23.2 Å². The van der Waals surface area contributed by atoms with Gasteiger partial charge in [-0.25, -0.2) is 18.5 Å². The number of primary sulfonamides is 1. The fourth-order valence-electron chi connectivity index (χ4n) is 1.29. The van der Waals surface area contributed by atoms with Gasteiger partial charge in [-0.15, -0.1) is 0 Å². The molecule has 0 unspecified atom stereocenters. The molecule has 106 valence electrons. The van der Waals surface area contributed by atoms with Crippen molar-refractivity contribution in [3.63, 3.8) is 0 Å². The van der Waals surface area contributed by atoms with E-state index in [2.05, 4.69) is 20.9 Å². The van der Waals surface area contributed by atoms with E-state index in [0.717, 1.165) is 6.20 Å². The summed E-state index contributed by atoms with van der Waals surface area (Å²) in [5.41, 5.74) is 0. The van der Waals surface area contributed by atoms with Crippen LogP contribution in [0.5, 0.6) is 11.6 Å². The van der Waals surface area contributed by atoms with E-state index in [1.165, 1.54) is 18.2 Å². The molecular formula is C11H7BrCl2N2O3S. The lowest BCUT2D eigenvalue weighted by atomic mass is 10.3. The van der Waals surface area contributed by atoms with Crippen LogP contribution in [0.15, 0.2) is 39.8 Å². The van der Waals surface area contributed by atoms with Crippen LogP contribution in [0.1, 0.15) is 0 Å². The largest absolute Gasteiger partial charge is 0.437 e. The van der Waals surface area contributed by atoms with E-state index in [1.807, 2.05) is 0 Å². The van der Waals surface area contributed by atoms with E-state index >= 15 is 0 Å². The van der Waals surface area contributed by atoms with Gasteiger partial charge < -0.3 is 4.74 Å². The van der Waals surface area contributed by atoms with Crippen LogP contribution in [-0.4, -0.2) is 13.4 Å². The van der Waals surface area contributed by atoms with E-state index in [4.69, 9.17) is 33.1 Å². The van der Waals surface area contributed by atoms with Crippen molar-refractivity contribution in [1.29, 1.82) is 0 Å². The number of rotatable bonds is 3. The Labute approximate surface area is 133 Å². The SMILES string of the molecule is NS(=O)(=O)c1ccc(Oc2cc(Cl)c(Br)cc2Cl)nc1. The number of hydrogen-bond acceptors (Lipinski definition) is 4. The molecule has 0 amide bonds. The molecule has 0 atom stereocenters. The van der Waals surface area contributed by atoms with Gasteiger partial charge in [0.05, 0.1) is 16.2 Å². The van der Waals surface area contributed by atoms with Gasteiger partial charge in [0.1, 0.15) is 10.6 Å². The Morgan fingerprint density at radius 3 is 2.45 bits per heavy atom. The molecule has 9 heteroatoms. The highest BCUT2D eigenvalue weighted by molar-refractivity contribution is 9.10. The van der Waals surface area contributed by atoms with Gasteiger partial charge >= 0.3 is 0 Å². The van der Waals surface area contributed by atoms with Crippen LogP contribution >= 0.6 is 39.1 Å². The summed E-state index contributed by atoms with van der Waals surface area (Å²) in [5, 5.41) is 5.72. The molecule has 1 aromatic carbocycles. The number of pyridine rings is 1. The minimum absolute atomic E-state index is 0.107. The summed E-state index contributed by atoms with van der Waals surface area (Å²) in [5.74, 6) is 0.466. The molecule has 0 aliphatic rings. The van der Waals surface area contributed by atoms with Crippen molar-refractivity contribution in [3.8, 4) is 11.6 Å². The van der Waals surface area contributed by atoms with Gasteiger partial charge in [0.25, 0.3) is 0 Å². The fraction of sp³-hybridized carbons (Fsp3) is 0. The molecule has 20 heavy (non-hydrogen) atoms. The van der Waals surface area contributed by atoms with Gasteiger partial charge in [-0.3, -0.25) is 0 Å². The summed E-state index contributed by atoms with van der Waals surface area (Å²) >= 11 is 15.2. The van der Waals surface area contributed by atoms with Gasteiger partial charge in [-0.2, -0.15) is 0 Å². The third-order valence-electron chi connectivity index (χ3n) is 2.23. The third kappa shape index (κ3) is 3.62. The Hall–Kier alpha value is -0.860. The van der Waals surface area contributed by atoms with Crippen molar-refractivity contribution < 1.29 is 13.2 Å². The fourth-order valence-corrected chi connectivity index (χ4v) is 2.58. The average Bonchev–Trinajstić information content (AvgIpc) is 2.35. The molecule has 2 N–H and O–H groups in total.